The van der Waals surface area contributed by atoms with E-state index in [1.165, 1.54) is 13.0 Å². The lowest BCUT2D eigenvalue weighted by molar-refractivity contribution is 0.0493. The molecule has 0 spiro atoms. The summed E-state index contributed by atoms with van der Waals surface area (Å²) in [5.41, 5.74) is 6.36. The van der Waals surface area contributed by atoms with Gasteiger partial charge in [-0.25, -0.2) is 10.4 Å². The Balaban J connectivity index is 2.33. The molecular formula is C8H19N3. The molecule has 1 saturated heterocycles. The lowest BCUT2D eigenvalue weighted by atomic mass is 10.1. The van der Waals surface area contributed by atoms with Gasteiger partial charge >= 0.3 is 0 Å². The maximum atomic E-state index is 3.19. The lowest BCUT2D eigenvalue weighted by Crippen LogP contribution is -2.58. The van der Waals surface area contributed by atoms with Gasteiger partial charge in [0.15, 0.2) is 0 Å². The first-order valence-corrected chi connectivity index (χ1v) is 4.49. The molecule has 0 radical (unpaired) electrons. The van der Waals surface area contributed by atoms with E-state index in [0.717, 1.165) is 12.5 Å². The molecule has 1 unspecified atom stereocenters. The molecule has 0 amide bonds. The number of rotatable bonds is 2. The van der Waals surface area contributed by atoms with Gasteiger partial charge in [-0.15, -0.1) is 0 Å². The Labute approximate surface area is 69.1 Å². The molecule has 1 heterocycles. The third-order valence-electron chi connectivity index (χ3n) is 2.27. The summed E-state index contributed by atoms with van der Waals surface area (Å²) < 4.78 is 0. The predicted octanol–water partition coefficient (Wildman–Crippen LogP) is 0.746. The summed E-state index contributed by atoms with van der Waals surface area (Å²) >= 11 is 0. The Kier molecular flexibility index (Phi) is 3.30. The maximum Gasteiger partial charge on any atom is 0.0200 e. The Morgan fingerprint density at radius 1 is 1.55 bits per heavy atom. The van der Waals surface area contributed by atoms with E-state index in [9.17, 15) is 0 Å². The minimum Gasteiger partial charge on any atom is -0.244 e. The Bertz CT molecular complexity index is 114. The van der Waals surface area contributed by atoms with Crippen LogP contribution in [-0.4, -0.2) is 24.1 Å². The molecule has 0 bridgehead atoms. The van der Waals surface area contributed by atoms with Gasteiger partial charge in [-0.05, 0) is 19.8 Å². The molecule has 1 atom stereocenters. The highest BCUT2D eigenvalue weighted by atomic mass is 15.7. The number of nitrogens with zero attached hydrogens (tertiary/aromatic N) is 1. The normalized spacial score (nSPS) is 27.8. The molecule has 0 aromatic heterocycles. The van der Waals surface area contributed by atoms with E-state index in [4.69, 9.17) is 0 Å². The lowest BCUT2D eigenvalue weighted by Gasteiger charge is -2.36. The van der Waals surface area contributed by atoms with Gasteiger partial charge in [0.1, 0.15) is 0 Å². The number of nitrogens with one attached hydrogen (secondary N) is 2. The van der Waals surface area contributed by atoms with Gasteiger partial charge in [0.25, 0.3) is 0 Å². The Hall–Kier alpha value is -0.120. The highest BCUT2D eigenvalue weighted by Crippen LogP contribution is 2.08. The third kappa shape index (κ3) is 2.43. The standard InChI is InChI=1S/C8H19N3/c1-4-8-5-9-10-11(6-8)7(2)3/h7-10H,4-6H2,1-3H3. The van der Waals surface area contributed by atoms with Crippen LogP contribution in [0.3, 0.4) is 0 Å². The summed E-state index contributed by atoms with van der Waals surface area (Å²) in [6, 6.07) is 0.580. The summed E-state index contributed by atoms with van der Waals surface area (Å²) in [6.45, 7) is 8.91. The van der Waals surface area contributed by atoms with Gasteiger partial charge in [-0.3, -0.25) is 0 Å². The minimum absolute atomic E-state index is 0.580. The molecule has 0 aromatic carbocycles. The average Bonchev–Trinajstić information content (AvgIpc) is 2.05. The van der Waals surface area contributed by atoms with E-state index in [1.807, 2.05) is 0 Å². The van der Waals surface area contributed by atoms with Crippen LogP contribution in [-0.2, 0) is 0 Å². The summed E-state index contributed by atoms with van der Waals surface area (Å²) in [5, 5.41) is 2.25. The molecule has 0 aromatic rings. The van der Waals surface area contributed by atoms with Gasteiger partial charge in [0, 0.05) is 19.1 Å². The van der Waals surface area contributed by atoms with Gasteiger partial charge in [0.2, 0.25) is 0 Å². The Morgan fingerprint density at radius 3 is 2.82 bits per heavy atom. The van der Waals surface area contributed by atoms with Crippen LogP contribution >= 0.6 is 0 Å². The van der Waals surface area contributed by atoms with E-state index in [2.05, 4.69) is 36.7 Å². The van der Waals surface area contributed by atoms with Crippen molar-refractivity contribution < 1.29 is 0 Å². The predicted molar refractivity (Wildman–Crippen MR) is 46.8 cm³/mol. The molecule has 11 heavy (non-hydrogen) atoms. The number of hydrogen-bond acceptors (Lipinski definition) is 3. The zero-order valence-electron chi connectivity index (χ0n) is 7.72. The fourth-order valence-corrected chi connectivity index (χ4v) is 1.29. The fourth-order valence-electron chi connectivity index (χ4n) is 1.29. The SMILES string of the molecule is CCC1CNNN(C(C)C)C1. The zero-order chi connectivity index (χ0) is 8.27. The molecule has 1 fully saturated rings. The fraction of sp³-hybridized carbons (Fsp3) is 1.00. The van der Waals surface area contributed by atoms with Crippen LogP contribution in [0.5, 0.6) is 0 Å². The highest BCUT2D eigenvalue weighted by molar-refractivity contribution is 4.69. The summed E-state index contributed by atoms with van der Waals surface area (Å²) in [4.78, 5) is 0. The van der Waals surface area contributed by atoms with Crippen LogP contribution in [0.2, 0.25) is 0 Å². The van der Waals surface area contributed by atoms with Crippen LogP contribution in [0.15, 0.2) is 0 Å². The molecule has 0 aliphatic carbocycles. The van der Waals surface area contributed by atoms with Gasteiger partial charge < -0.3 is 0 Å². The molecule has 66 valence electrons. The second-order valence-electron chi connectivity index (χ2n) is 3.51. The second kappa shape index (κ2) is 4.04. The average molecular weight is 157 g/mol. The van der Waals surface area contributed by atoms with Crippen molar-refractivity contribution >= 4 is 0 Å². The van der Waals surface area contributed by atoms with Crippen molar-refractivity contribution in [3.63, 3.8) is 0 Å². The molecule has 1 rings (SSSR count). The monoisotopic (exact) mass is 157 g/mol. The molecular weight excluding hydrogens is 138 g/mol. The van der Waals surface area contributed by atoms with Crippen molar-refractivity contribution in [1.29, 1.82) is 0 Å². The van der Waals surface area contributed by atoms with Crippen LogP contribution in [0.25, 0.3) is 0 Å². The molecule has 3 heteroatoms. The smallest absolute Gasteiger partial charge is 0.0200 e. The first-order valence-electron chi connectivity index (χ1n) is 4.49. The minimum atomic E-state index is 0.580. The first kappa shape index (κ1) is 8.97. The molecule has 3 nitrogen and oxygen atoms in total. The van der Waals surface area contributed by atoms with E-state index in [-0.39, 0.29) is 0 Å². The van der Waals surface area contributed by atoms with Crippen molar-refractivity contribution in [2.24, 2.45) is 5.92 Å². The van der Waals surface area contributed by atoms with Gasteiger partial charge in [-0.2, -0.15) is 5.53 Å². The largest absolute Gasteiger partial charge is 0.244 e. The van der Waals surface area contributed by atoms with E-state index in [1.54, 1.807) is 0 Å². The maximum absolute atomic E-state index is 3.19. The van der Waals surface area contributed by atoms with Crippen molar-refractivity contribution in [1.82, 2.24) is 16.0 Å². The molecule has 2 N–H and O–H groups in total. The zero-order valence-corrected chi connectivity index (χ0v) is 7.72. The van der Waals surface area contributed by atoms with E-state index in [0.29, 0.717) is 6.04 Å². The molecule has 1 aliphatic heterocycles. The Morgan fingerprint density at radius 2 is 2.27 bits per heavy atom. The molecule has 1 aliphatic rings. The third-order valence-corrected chi connectivity index (χ3v) is 2.27. The summed E-state index contributed by atoms with van der Waals surface area (Å²) in [5.74, 6) is 0.804. The van der Waals surface area contributed by atoms with Crippen molar-refractivity contribution in [3.8, 4) is 0 Å². The van der Waals surface area contributed by atoms with Crippen LogP contribution in [0.4, 0.5) is 0 Å². The summed E-state index contributed by atoms with van der Waals surface area (Å²) in [7, 11) is 0. The molecule has 0 saturated carbocycles. The van der Waals surface area contributed by atoms with Crippen LogP contribution < -0.4 is 11.0 Å². The van der Waals surface area contributed by atoms with Gasteiger partial charge in [0.05, 0.1) is 0 Å². The van der Waals surface area contributed by atoms with Crippen LogP contribution in [0, 0.1) is 5.92 Å². The van der Waals surface area contributed by atoms with Gasteiger partial charge in [-0.1, -0.05) is 13.3 Å². The highest BCUT2D eigenvalue weighted by Gasteiger charge is 2.19. The first-order chi connectivity index (χ1) is 5.24. The van der Waals surface area contributed by atoms with Crippen molar-refractivity contribution in [2.45, 2.75) is 33.2 Å². The van der Waals surface area contributed by atoms with E-state index < -0.39 is 0 Å². The quantitative estimate of drug-likeness (QED) is 0.619. The summed E-state index contributed by atoms with van der Waals surface area (Å²) in [6.07, 6.45) is 1.26. The second-order valence-corrected chi connectivity index (χ2v) is 3.51. The van der Waals surface area contributed by atoms with Crippen molar-refractivity contribution in [3.05, 3.63) is 0 Å². The van der Waals surface area contributed by atoms with Crippen molar-refractivity contribution in [2.75, 3.05) is 13.1 Å². The number of hydrogen-bond donors (Lipinski definition) is 2. The number of hydrazine groups is 2. The van der Waals surface area contributed by atoms with E-state index >= 15 is 0 Å². The topological polar surface area (TPSA) is 27.3 Å². The van der Waals surface area contributed by atoms with Crippen LogP contribution in [0.1, 0.15) is 27.2 Å².